The number of ether oxygens (including phenoxy) is 2. The largest absolute Gasteiger partial charge is 0.493 e. The summed E-state index contributed by atoms with van der Waals surface area (Å²) in [6.45, 7) is 1.14. The average molecular weight is 354 g/mol. The van der Waals surface area contributed by atoms with Crippen LogP contribution in [-0.2, 0) is 19.9 Å². The van der Waals surface area contributed by atoms with Crippen LogP contribution in [0, 0.1) is 0 Å². The van der Waals surface area contributed by atoms with E-state index in [1.807, 2.05) is 29.9 Å². The van der Waals surface area contributed by atoms with Crippen molar-refractivity contribution in [3.8, 4) is 11.5 Å². The van der Waals surface area contributed by atoms with Gasteiger partial charge in [-0.2, -0.15) is 0 Å². The Labute approximate surface area is 133 Å². The topological polar surface area (TPSA) is 62.3 Å². The van der Waals surface area contributed by atoms with Crippen LogP contribution >= 0.6 is 15.9 Å². The van der Waals surface area contributed by atoms with Crippen molar-refractivity contribution < 1.29 is 9.47 Å². The molecule has 0 bridgehead atoms. The van der Waals surface area contributed by atoms with Crippen LogP contribution in [0.4, 0.5) is 0 Å². The lowest BCUT2D eigenvalue weighted by Crippen LogP contribution is -2.08. The first-order valence-electron chi connectivity index (χ1n) is 6.81. The molecule has 0 spiro atoms. The van der Waals surface area contributed by atoms with Gasteiger partial charge in [0.1, 0.15) is 5.82 Å². The van der Waals surface area contributed by atoms with Crippen molar-refractivity contribution in [2.24, 2.45) is 12.8 Å². The normalized spacial score (nSPS) is 10.7. The Morgan fingerprint density at radius 1 is 1.33 bits per heavy atom. The first-order valence-corrected chi connectivity index (χ1v) is 7.60. The Hall–Kier alpha value is -1.53. The highest BCUT2D eigenvalue weighted by Crippen LogP contribution is 2.36. The standard InChI is InChI=1S/C15H20BrN3O2/c1-19-7-6-18-14(19)4-8-21-15-12(16)9-11(3-5-17)10-13(15)20-2/h6-7,9-10H,3-5,8,17H2,1-2H3. The second-order valence-corrected chi connectivity index (χ2v) is 5.55. The third-order valence-electron chi connectivity index (χ3n) is 3.22. The molecule has 0 atom stereocenters. The van der Waals surface area contributed by atoms with E-state index in [4.69, 9.17) is 15.2 Å². The van der Waals surface area contributed by atoms with E-state index < -0.39 is 0 Å². The first-order chi connectivity index (χ1) is 10.2. The number of hydrogen-bond donors (Lipinski definition) is 1. The molecule has 2 rings (SSSR count). The minimum atomic E-state index is 0.538. The summed E-state index contributed by atoms with van der Waals surface area (Å²) in [6, 6.07) is 3.99. The summed E-state index contributed by atoms with van der Waals surface area (Å²) in [5.41, 5.74) is 6.71. The number of halogens is 1. The van der Waals surface area contributed by atoms with E-state index in [1.54, 1.807) is 13.3 Å². The van der Waals surface area contributed by atoms with Gasteiger partial charge in [-0.25, -0.2) is 4.98 Å². The summed E-state index contributed by atoms with van der Waals surface area (Å²) < 4.78 is 14.1. The number of aromatic nitrogens is 2. The van der Waals surface area contributed by atoms with Gasteiger partial charge in [-0.15, -0.1) is 0 Å². The van der Waals surface area contributed by atoms with Gasteiger partial charge in [-0.1, -0.05) is 0 Å². The van der Waals surface area contributed by atoms with E-state index in [-0.39, 0.29) is 0 Å². The van der Waals surface area contributed by atoms with Gasteiger partial charge >= 0.3 is 0 Å². The lowest BCUT2D eigenvalue weighted by atomic mass is 10.1. The predicted octanol–water partition coefficient (Wildman–Crippen LogP) is 2.31. The van der Waals surface area contributed by atoms with Crippen molar-refractivity contribution >= 4 is 15.9 Å². The quantitative estimate of drug-likeness (QED) is 0.829. The Morgan fingerprint density at radius 2 is 2.14 bits per heavy atom. The molecule has 0 amide bonds. The molecule has 5 nitrogen and oxygen atoms in total. The van der Waals surface area contributed by atoms with Crippen molar-refractivity contribution in [3.63, 3.8) is 0 Å². The highest BCUT2D eigenvalue weighted by atomic mass is 79.9. The van der Waals surface area contributed by atoms with Crippen molar-refractivity contribution in [2.75, 3.05) is 20.3 Å². The molecule has 0 aliphatic heterocycles. The monoisotopic (exact) mass is 353 g/mol. The summed E-state index contributed by atoms with van der Waals surface area (Å²) in [7, 11) is 3.61. The van der Waals surface area contributed by atoms with Gasteiger partial charge in [0.2, 0.25) is 0 Å². The minimum Gasteiger partial charge on any atom is -0.493 e. The van der Waals surface area contributed by atoms with Gasteiger partial charge < -0.3 is 19.8 Å². The summed E-state index contributed by atoms with van der Waals surface area (Å²) in [5.74, 6) is 2.42. The molecule has 0 aliphatic rings. The fraction of sp³-hybridized carbons (Fsp3) is 0.400. The third kappa shape index (κ3) is 3.98. The minimum absolute atomic E-state index is 0.538. The molecule has 114 valence electrons. The van der Waals surface area contributed by atoms with Crippen LogP contribution in [0.15, 0.2) is 29.0 Å². The molecule has 0 saturated carbocycles. The fourth-order valence-corrected chi connectivity index (χ4v) is 2.71. The molecule has 0 fully saturated rings. The highest BCUT2D eigenvalue weighted by Gasteiger charge is 2.12. The summed E-state index contributed by atoms with van der Waals surface area (Å²) >= 11 is 3.54. The SMILES string of the molecule is COc1cc(CCN)cc(Br)c1OCCc1nccn1C. The van der Waals surface area contributed by atoms with Gasteiger partial charge in [0.05, 0.1) is 18.2 Å². The van der Waals surface area contributed by atoms with Crippen molar-refractivity contribution in [3.05, 3.63) is 40.4 Å². The van der Waals surface area contributed by atoms with E-state index in [2.05, 4.69) is 20.9 Å². The maximum atomic E-state index is 5.86. The molecule has 0 unspecified atom stereocenters. The summed E-state index contributed by atoms with van der Waals surface area (Å²) in [5, 5.41) is 0. The molecule has 2 N–H and O–H groups in total. The number of rotatable bonds is 7. The Bertz CT molecular complexity index is 599. The number of hydrogen-bond acceptors (Lipinski definition) is 4. The van der Waals surface area contributed by atoms with Crippen LogP contribution in [0.2, 0.25) is 0 Å². The molecule has 6 heteroatoms. The smallest absolute Gasteiger partial charge is 0.175 e. The van der Waals surface area contributed by atoms with Crippen LogP contribution in [0.3, 0.4) is 0 Å². The molecular formula is C15H20BrN3O2. The highest BCUT2D eigenvalue weighted by molar-refractivity contribution is 9.10. The molecule has 1 aromatic carbocycles. The first kappa shape index (κ1) is 15.9. The Morgan fingerprint density at radius 3 is 2.76 bits per heavy atom. The zero-order chi connectivity index (χ0) is 15.2. The van der Waals surface area contributed by atoms with E-state index >= 15 is 0 Å². The summed E-state index contributed by atoms with van der Waals surface area (Å²) in [4.78, 5) is 4.28. The van der Waals surface area contributed by atoms with Crippen molar-refractivity contribution in [1.82, 2.24) is 9.55 Å². The summed E-state index contributed by atoms with van der Waals surface area (Å²) in [6.07, 6.45) is 5.26. The molecule has 1 aromatic heterocycles. The maximum absolute atomic E-state index is 5.86. The number of nitrogens with two attached hydrogens (primary N) is 1. The number of benzene rings is 1. The lowest BCUT2D eigenvalue weighted by Gasteiger charge is -2.14. The van der Waals surface area contributed by atoms with Crippen molar-refractivity contribution in [2.45, 2.75) is 12.8 Å². The van der Waals surface area contributed by atoms with E-state index in [9.17, 15) is 0 Å². The average Bonchev–Trinajstić information content (AvgIpc) is 2.86. The van der Waals surface area contributed by atoms with Crippen molar-refractivity contribution in [1.29, 1.82) is 0 Å². The van der Waals surface area contributed by atoms with Gasteiger partial charge in [-0.05, 0) is 46.6 Å². The number of nitrogens with zero attached hydrogens (tertiary/aromatic N) is 2. The molecule has 21 heavy (non-hydrogen) atoms. The molecule has 0 saturated heterocycles. The van der Waals surface area contributed by atoms with E-state index in [0.717, 1.165) is 28.7 Å². The van der Waals surface area contributed by atoms with Gasteiger partial charge in [-0.3, -0.25) is 0 Å². The zero-order valence-electron chi connectivity index (χ0n) is 12.3. The number of aryl methyl sites for hydroxylation is 1. The molecule has 1 heterocycles. The van der Waals surface area contributed by atoms with Crippen LogP contribution < -0.4 is 15.2 Å². The van der Waals surface area contributed by atoms with Gasteiger partial charge in [0.15, 0.2) is 11.5 Å². The number of imidazole rings is 1. The van der Waals surface area contributed by atoms with Crippen LogP contribution in [0.25, 0.3) is 0 Å². The van der Waals surface area contributed by atoms with Gasteiger partial charge in [0, 0.05) is 25.9 Å². The molecular weight excluding hydrogens is 334 g/mol. The Kier molecular flexibility index (Phi) is 5.64. The second-order valence-electron chi connectivity index (χ2n) is 4.70. The molecule has 0 radical (unpaired) electrons. The second kappa shape index (κ2) is 7.47. The Balaban J connectivity index is 2.06. The van der Waals surface area contributed by atoms with Gasteiger partial charge in [0.25, 0.3) is 0 Å². The zero-order valence-corrected chi connectivity index (χ0v) is 13.9. The van der Waals surface area contributed by atoms with Crippen LogP contribution in [0.1, 0.15) is 11.4 Å². The van der Waals surface area contributed by atoms with Crippen LogP contribution in [-0.4, -0.2) is 29.8 Å². The molecule has 0 aliphatic carbocycles. The lowest BCUT2D eigenvalue weighted by molar-refractivity contribution is 0.292. The predicted molar refractivity (Wildman–Crippen MR) is 85.9 cm³/mol. The van der Waals surface area contributed by atoms with E-state index in [1.165, 1.54) is 0 Å². The van der Waals surface area contributed by atoms with E-state index in [0.29, 0.717) is 24.7 Å². The number of methoxy groups -OCH3 is 1. The molecule has 2 aromatic rings. The maximum Gasteiger partial charge on any atom is 0.175 e. The van der Waals surface area contributed by atoms with Crippen LogP contribution in [0.5, 0.6) is 11.5 Å². The third-order valence-corrected chi connectivity index (χ3v) is 3.80. The fourth-order valence-electron chi connectivity index (χ4n) is 2.11.